The van der Waals surface area contributed by atoms with Gasteiger partial charge in [-0.2, -0.15) is 0 Å². The molecule has 2 heterocycles. The Bertz CT molecular complexity index is 714. The third-order valence-corrected chi connectivity index (χ3v) is 7.36. The average Bonchev–Trinajstić information content (AvgIpc) is 3.17. The topological polar surface area (TPSA) is 36.9 Å². The van der Waals surface area contributed by atoms with Gasteiger partial charge in [0.2, 0.25) is 0 Å². The molecule has 4 rings (SSSR count). The van der Waals surface area contributed by atoms with Crippen molar-refractivity contribution in [3.05, 3.63) is 60.7 Å². The quantitative estimate of drug-likeness (QED) is 0.456. The maximum Gasteiger partial charge on any atom is 0.186 e. The van der Waals surface area contributed by atoms with Crippen molar-refractivity contribution in [3.8, 4) is 0 Å². The lowest BCUT2D eigenvalue weighted by molar-refractivity contribution is -0.227. The van der Waals surface area contributed by atoms with Gasteiger partial charge in [0.05, 0.1) is 10.7 Å². The highest BCUT2D eigenvalue weighted by molar-refractivity contribution is 8.17. The molecule has 0 unspecified atom stereocenters. The van der Waals surface area contributed by atoms with Crippen LogP contribution in [0.4, 0.5) is 0 Å². The molecule has 4 nitrogen and oxygen atoms in total. The molecule has 0 spiro atoms. The fourth-order valence-corrected chi connectivity index (χ4v) is 6.30. The van der Waals surface area contributed by atoms with E-state index < -0.39 is 5.79 Å². The van der Waals surface area contributed by atoms with E-state index in [2.05, 4.69) is 48.5 Å². The first-order valence-electron chi connectivity index (χ1n) is 9.51. The van der Waals surface area contributed by atoms with Crippen molar-refractivity contribution in [2.45, 2.75) is 65.0 Å². The lowest BCUT2D eigenvalue weighted by Crippen LogP contribution is -2.31. The highest BCUT2D eigenvalue weighted by Crippen LogP contribution is 2.44. The second-order valence-electron chi connectivity index (χ2n) is 7.37. The van der Waals surface area contributed by atoms with E-state index in [0.717, 1.165) is 6.42 Å². The molecule has 150 valence electrons. The van der Waals surface area contributed by atoms with Crippen LogP contribution < -0.4 is 0 Å². The molecule has 2 aliphatic rings. The Labute approximate surface area is 175 Å². The summed E-state index contributed by atoms with van der Waals surface area (Å²) in [7, 11) is 1.66. The molecule has 2 fully saturated rings. The van der Waals surface area contributed by atoms with Crippen LogP contribution >= 0.6 is 23.5 Å². The number of methoxy groups -OCH3 is 1. The van der Waals surface area contributed by atoms with Crippen LogP contribution in [0.15, 0.2) is 70.5 Å². The fraction of sp³-hybridized carbons (Fsp3) is 0.455. The van der Waals surface area contributed by atoms with Crippen molar-refractivity contribution in [2.75, 3.05) is 7.11 Å². The molecule has 28 heavy (non-hydrogen) atoms. The van der Waals surface area contributed by atoms with Crippen LogP contribution in [-0.4, -0.2) is 42.1 Å². The standard InChI is InChI=1S/C22H26O4S2/c1-22(2)25-19-17(24-21(23-3)20(19)26-22)14-18(27-15-10-6-4-7-11-15)28-16-12-8-5-9-13-16/h4-13,17-21H,14H2,1-3H3/t17-,19-,20-,21-/m1/s1. The number of hydrogen-bond acceptors (Lipinski definition) is 6. The molecule has 2 aliphatic heterocycles. The van der Waals surface area contributed by atoms with E-state index in [9.17, 15) is 0 Å². The molecule has 0 bridgehead atoms. The monoisotopic (exact) mass is 418 g/mol. The van der Waals surface area contributed by atoms with Crippen LogP contribution in [0.3, 0.4) is 0 Å². The Morgan fingerprint density at radius 1 is 0.893 bits per heavy atom. The molecule has 0 radical (unpaired) electrons. The van der Waals surface area contributed by atoms with Crippen molar-refractivity contribution in [1.82, 2.24) is 0 Å². The lowest BCUT2D eigenvalue weighted by Gasteiger charge is -2.26. The van der Waals surface area contributed by atoms with Gasteiger partial charge in [-0.25, -0.2) is 0 Å². The first-order valence-corrected chi connectivity index (χ1v) is 11.3. The molecule has 2 aromatic rings. The first kappa shape index (κ1) is 20.3. The lowest BCUT2D eigenvalue weighted by atomic mass is 10.1. The summed E-state index contributed by atoms with van der Waals surface area (Å²) in [6.45, 7) is 3.90. The number of fused-ring (bicyclic) bond motifs is 1. The molecule has 0 aromatic heterocycles. The zero-order valence-corrected chi connectivity index (χ0v) is 17.9. The van der Waals surface area contributed by atoms with Gasteiger partial charge in [0.1, 0.15) is 12.2 Å². The van der Waals surface area contributed by atoms with Gasteiger partial charge in [0, 0.05) is 16.9 Å². The van der Waals surface area contributed by atoms with Crippen LogP contribution in [0.1, 0.15) is 20.3 Å². The number of thioether (sulfide) groups is 2. The van der Waals surface area contributed by atoms with Crippen molar-refractivity contribution in [2.24, 2.45) is 0 Å². The van der Waals surface area contributed by atoms with Crippen LogP contribution in [0.2, 0.25) is 0 Å². The molecule has 2 saturated heterocycles. The van der Waals surface area contributed by atoms with E-state index in [1.165, 1.54) is 9.79 Å². The second kappa shape index (κ2) is 8.78. The number of rotatable bonds is 7. The molecule has 6 heteroatoms. The smallest absolute Gasteiger partial charge is 0.186 e. The van der Waals surface area contributed by atoms with Gasteiger partial charge in [0.25, 0.3) is 0 Å². The maximum atomic E-state index is 6.18. The van der Waals surface area contributed by atoms with Crippen molar-refractivity contribution in [3.63, 3.8) is 0 Å². The van der Waals surface area contributed by atoms with E-state index in [4.69, 9.17) is 18.9 Å². The van der Waals surface area contributed by atoms with Gasteiger partial charge < -0.3 is 18.9 Å². The highest BCUT2D eigenvalue weighted by Gasteiger charge is 2.55. The van der Waals surface area contributed by atoms with Crippen molar-refractivity contribution < 1.29 is 18.9 Å². The summed E-state index contributed by atoms with van der Waals surface area (Å²) in [6, 6.07) is 21.0. The minimum Gasteiger partial charge on any atom is -0.353 e. The van der Waals surface area contributed by atoms with E-state index >= 15 is 0 Å². The molecule has 4 atom stereocenters. The van der Waals surface area contributed by atoms with Gasteiger partial charge >= 0.3 is 0 Å². The summed E-state index contributed by atoms with van der Waals surface area (Å²) >= 11 is 3.72. The van der Waals surface area contributed by atoms with Gasteiger partial charge in [-0.05, 0) is 44.5 Å². The molecule has 0 N–H and O–H groups in total. The second-order valence-corrected chi connectivity index (χ2v) is 10.2. The summed E-state index contributed by atoms with van der Waals surface area (Å²) in [5.41, 5.74) is 0. The third-order valence-electron chi connectivity index (χ3n) is 4.79. The average molecular weight is 419 g/mol. The van der Waals surface area contributed by atoms with Gasteiger partial charge in [-0.3, -0.25) is 0 Å². The van der Waals surface area contributed by atoms with Gasteiger partial charge in [0.15, 0.2) is 12.1 Å². The molecule has 2 aromatic carbocycles. The summed E-state index contributed by atoms with van der Waals surface area (Å²) < 4.78 is 24.2. The fourth-order valence-electron chi connectivity index (χ4n) is 3.63. The number of ether oxygens (including phenoxy) is 4. The zero-order chi connectivity index (χ0) is 19.6. The largest absolute Gasteiger partial charge is 0.353 e. The minimum absolute atomic E-state index is 0.0749. The number of benzene rings is 2. The Balaban J connectivity index is 1.51. The van der Waals surface area contributed by atoms with E-state index in [-0.39, 0.29) is 29.2 Å². The molecule has 0 saturated carbocycles. The maximum absolute atomic E-state index is 6.18. The van der Waals surface area contributed by atoms with E-state index in [1.54, 1.807) is 7.11 Å². The predicted octanol–water partition coefficient (Wildman–Crippen LogP) is 5.18. The highest BCUT2D eigenvalue weighted by atomic mass is 32.2. The molecule has 0 aliphatic carbocycles. The van der Waals surface area contributed by atoms with Crippen LogP contribution in [0, 0.1) is 0 Å². The van der Waals surface area contributed by atoms with Crippen LogP contribution in [0.25, 0.3) is 0 Å². The first-order chi connectivity index (χ1) is 13.5. The minimum atomic E-state index is -0.608. The Kier molecular flexibility index (Phi) is 6.35. The third kappa shape index (κ3) is 4.75. The normalized spacial score (nSPS) is 28.6. The predicted molar refractivity (Wildman–Crippen MR) is 112 cm³/mol. The van der Waals surface area contributed by atoms with Gasteiger partial charge in [-0.15, -0.1) is 23.5 Å². The van der Waals surface area contributed by atoms with Crippen molar-refractivity contribution >= 4 is 23.5 Å². The summed E-state index contributed by atoms with van der Waals surface area (Å²) in [5, 5.41) is 0. The van der Waals surface area contributed by atoms with Gasteiger partial charge in [-0.1, -0.05) is 36.4 Å². The Hall–Kier alpha value is -1.02. The van der Waals surface area contributed by atoms with E-state index in [0.29, 0.717) is 0 Å². The summed E-state index contributed by atoms with van der Waals surface area (Å²) in [6.07, 6.45) is 0.0684. The summed E-state index contributed by atoms with van der Waals surface area (Å²) in [5.74, 6) is -0.608. The van der Waals surface area contributed by atoms with Crippen molar-refractivity contribution in [1.29, 1.82) is 0 Å². The zero-order valence-electron chi connectivity index (χ0n) is 16.3. The van der Waals surface area contributed by atoms with E-state index in [1.807, 2.05) is 49.5 Å². The molecular formula is C22H26O4S2. The Morgan fingerprint density at radius 2 is 1.43 bits per heavy atom. The molecule has 0 amide bonds. The molecular weight excluding hydrogens is 392 g/mol. The number of hydrogen-bond donors (Lipinski definition) is 0. The Morgan fingerprint density at radius 3 is 1.96 bits per heavy atom. The summed E-state index contributed by atoms with van der Waals surface area (Å²) in [4.78, 5) is 2.50. The van der Waals surface area contributed by atoms with Crippen LogP contribution in [-0.2, 0) is 18.9 Å². The SMILES string of the molecule is CO[C@@H]1O[C@H](CC(Sc2ccccc2)Sc2ccccc2)[C@H]2OC(C)(C)O[C@@H]12. The van der Waals surface area contributed by atoms with Crippen LogP contribution in [0.5, 0.6) is 0 Å².